The molecule has 0 radical (unpaired) electrons. The minimum atomic E-state index is 0.535. The minimum Gasteiger partial charge on any atom is -0.459 e. The van der Waals surface area contributed by atoms with E-state index in [1.165, 1.54) is 23.8 Å². The quantitative estimate of drug-likeness (QED) is 0.836. The molecule has 3 rings (SSSR count). The minimum absolute atomic E-state index is 0.535. The van der Waals surface area contributed by atoms with Crippen molar-refractivity contribution in [3.05, 3.63) is 35.6 Å². The second-order valence-electron chi connectivity index (χ2n) is 6.31. The van der Waals surface area contributed by atoms with Crippen LogP contribution in [0.4, 0.5) is 0 Å². The predicted octanol–water partition coefficient (Wildman–Crippen LogP) is 3.92. The molecule has 3 heteroatoms. The highest BCUT2D eigenvalue weighted by atomic mass is 16.3. The van der Waals surface area contributed by atoms with Crippen LogP contribution >= 0.6 is 0 Å². The normalized spacial score (nSPS) is 15.5. The fourth-order valence-electron chi connectivity index (χ4n) is 2.85. The van der Waals surface area contributed by atoms with Gasteiger partial charge in [0.2, 0.25) is 0 Å². The van der Waals surface area contributed by atoms with Crippen LogP contribution in [0.1, 0.15) is 44.9 Å². The number of para-hydroxylation sites is 1. The Balaban J connectivity index is 1.89. The molecule has 0 unspecified atom stereocenters. The molecule has 1 fully saturated rings. The summed E-state index contributed by atoms with van der Waals surface area (Å²) in [7, 11) is 0. The molecular formula is C18H26N2O. The van der Waals surface area contributed by atoms with Gasteiger partial charge in [-0.05, 0) is 39.3 Å². The van der Waals surface area contributed by atoms with Crippen molar-refractivity contribution < 1.29 is 4.42 Å². The maximum atomic E-state index is 6.15. The van der Waals surface area contributed by atoms with Crippen molar-refractivity contribution in [2.45, 2.75) is 58.8 Å². The van der Waals surface area contributed by atoms with Crippen LogP contribution in [0.15, 0.2) is 28.7 Å². The van der Waals surface area contributed by atoms with Gasteiger partial charge in [-0.1, -0.05) is 25.1 Å². The van der Waals surface area contributed by atoms with E-state index in [2.05, 4.69) is 49.2 Å². The van der Waals surface area contributed by atoms with E-state index in [1.54, 1.807) is 0 Å². The van der Waals surface area contributed by atoms with Crippen molar-refractivity contribution in [1.29, 1.82) is 0 Å². The largest absolute Gasteiger partial charge is 0.459 e. The van der Waals surface area contributed by atoms with Crippen molar-refractivity contribution >= 4 is 11.0 Å². The number of benzene rings is 1. The van der Waals surface area contributed by atoms with Gasteiger partial charge in [0.25, 0.3) is 0 Å². The fourth-order valence-corrected chi connectivity index (χ4v) is 2.85. The summed E-state index contributed by atoms with van der Waals surface area (Å²) in [5.41, 5.74) is 2.36. The lowest BCUT2D eigenvalue weighted by atomic mass is 10.1. The molecule has 3 nitrogen and oxygen atoms in total. The van der Waals surface area contributed by atoms with E-state index >= 15 is 0 Å². The van der Waals surface area contributed by atoms with Crippen molar-refractivity contribution in [2.75, 3.05) is 6.54 Å². The third-order valence-corrected chi connectivity index (χ3v) is 4.41. The molecule has 114 valence electrons. The molecule has 0 saturated heterocycles. The SMILES string of the molecule is CCN(Cc1oc2ccccc2c1CNC1CC1)C(C)C. The molecule has 1 aliphatic carbocycles. The molecule has 21 heavy (non-hydrogen) atoms. The van der Waals surface area contributed by atoms with Gasteiger partial charge in [0.05, 0.1) is 6.54 Å². The Bertz CT molecular complexity index is 598. The van der Waals surface area contributed by atoms with Crippen molar-refractivity contribution in [3.8, 4) is 0 Å². The van der Waals surface area contributed by atoms with Crippen molar-refractivity contribution in [1.82, 2.24) is 10.2 Å². The molecule has 0 atom stereocenters. The molecule has 0 aliphatic heterocycles. The standard InChI is InChI=1S/C18H26N2O/c1-4-20(13(2)3)12-18-16(11-19-14-9-10-14)15-7-5-6-8-17(15)21-18/h5-8,13-14,19H,4,9-12H2,1-3H3. The van der Waals surface area contributed by atoms with E-state index in [1.807, 2.05) is 6.07 Å². The van der Waals surface area contributed by atoms with Gasteiger partial charge in [0.1, 0.15) is 11.3 Å². The van der Waals surface area contributed by atoms with Gasteiger partial charge in [-0.25, -0.2) is 0 Å². The maximum absolute atomic E-state index is 6.15. The highest BCUT2D eigenvalue weighted by Gasteiger charge is 2.23. The van der Waals surface area contributed by atoms with Crippen LogP contribution in [0, 0.1) is 0 Å². The lowest BCUT2D eigenvalue weighted by molar-refractivity contribution is 0.208. The van der Waals surface area contributed by atoms with Gasteiger partial charge in [-0.15, -0.1) is 0 Å². The number of rotatable bonds is 7. The molecule has 0 bridgehead atoms. The smallest absolute Gasteiger partial charge is 0.134 e. The maximum Gasteiger partial charge on any atom is 0.134 e. The molecule has 1 aromatic heterocycles. The summed E-state index contributed by atoms with van der Waals surface area (Å²) in [4.78, 5) is 2.44. The van der Waals surface area contributed by atoms with E-state index in [0.717, 1.165) is 37.0 Å². The van der Waals surface area contributed by atoms with Crippen LogP contribution in [0.2, 0.25) is 0 Å². The zero-order valence-corrected chi connectivity index (χ0v) is 13.4. The number of hydrogen-bond acceptors (Lipinski definition) is 3. The summed E-state index contributed by atoms with van der Waals surface area (Å²) in [6, 6.07) is 9.66. The van der Waals surface area contributed by atoms with Gasteiger partial charge < -0.3 is 9.73 Å². The molecular weight excluding hydrogens is 260 g/mol. The van der Waals surface area contributed by atoms with Crippen molar-refractivity contribution in [2.24, 2.45) is 0 Å². The fraction of sp³-hybridized carbons (Fsp3) is 0.556. The Morgan fingerprint density at radius 3 is 2.71 bits per heavy atom. The molecule has 2 aromatic rings. The Hall–Kier alpha value is -1.32. The molecule has 1 aliphatic rings. The van der Waals surface area contributed by atoms with Gasteiger partial charge in [0.15, 0.2) is 0 Å². The lowest BCUT2D eigenvalue weighted by Crippen LogP contribution is -2.30. The Kier molecular flexibility index (Phi) is 4.32. The topological polar surface area (TPSA) is 28.4 Å². The first-order valence-electron chi connectivity index (χ1n) is 8.15. The molecule has 0 spiro atoms. The second kappa shape index (κ2) is 6.20. The van der Waals surface area contributed by atoms with Gasteiger partial charge in [-0.3, -0.25) is 4.90 Å². The molecule has 1 aromatic carbocycles. The first-order chi connectivity index (χ1) is 10.2. The van der Waals surface area contributed by atoms with Crippen LogP contribution in [0.25, 0.3) is 11.0 Å². The van der Waals surface area contributed by atoms with E-state index in [9.17, 15) is 0 Å². The number of nitrogens with one attached hydrogen (secondary N) is 1. The van der Waals surface area contributed by atoms with E-state index in [-0.39, 0.29) is 0 Å². The number of furan rings is 1. The lowest BCUT2D eigenvalue weighted by Gasteiger charge is -2.24. The summed E-state index contributed by atoms with van der Waals surface area (Å²) < 4.78 is 6.15. The van der Waals surface area contributed by atoms with Crippen LogP contribution in [-0.2, 0) is 13.1 Å². The molecule has 1 heterocycles. The van der Waals surface area contributed by atoms with E-state index < -0.39 is 0 Å². The van der Waals surface area contributed by atoms with E-state index in [4.69, 9.17) is 4.42 Å². The first-order valence-corrected chi connectivity index (χ1v) is 8.15. The summed E-state index contributed by atoms with van der Waals surface area (Å²) in [5, 5.41) is 4.90. The summed E-state index contributed by atoms with van der Waals surface area (Å²) in [6.45, 7) is 9.56. The Labute approximate surface area is 127 Å². The molecule has 1 N–H and O–H groups in total. The van der Waals surface area contributed by atoms with Gasteiger partial charge >= 0.3 is 0 Å². The average Bonchev–Trinajstić information content (AvgIpc) is 3.23. The van der Waals surface area contributed by atoms with E-state index in [0.29, 0.717) is 6.04 Å². The summed E-state index contributed by atoms with van der Waals surface area (Å²) >= 11 is 0. The third-order valence-electron chi connectivity index (χ3n) is 4.41. The second-order valence-corrected chi connectivity index (χ2v) is 6.31. The molecule has 0 amide bonds. The average molecular weight is 286 g/mol. The number of hydrogen-bond donors (Lipinski definition) is 1. The summed E-state index contributed by atoms with van der Waals surface area (Å²) in [5.74, 6) is 1.12. The monoisotopic (exact) mass is 286 g/mol. The van der Waals surface area contributed by atoms with Crippen LogP contribution in [0.5, 0.6) is 0 Å². The third kappa shape index (κ3) is 3.30. The zero-order valence-electron chi connectivity index (χ0n) is 13.4. The number of nitrogens with zero attached hydrogens (tertiary/aromatic N) is 1. The Morgan fingerprint density at radius 1 is 1.29 bits per heavy atom. The van der Waals surface area contributed by atoms with Crippen LogP contribution < -0.4 is 5.32 Å². The van der Waals surface area contributed by atoms with Gasteiger partial charge in [0, 0.05) is 29.6 Å². The summed E-state index contributed by atoms with van der Waals surface area (Å²) in [6.07, 6.45) is 2.64. The van der Waals surface area contributed by atoms with Crippen LogP contribution in [-0.4, -0.2) is 23.5 Å². The highest BCUT2D eigenvalue weighted by Crippen LogP contribution is 2.28. The Morgan fingerprint density at radius 2 is 2.05 bits per heavy atom. The molecule has 1 saturated carbocycles. The first kappa shape index (κ1) is 14.6. The van der Waals surface area contributed by atoms with Gasteiger partial charge in [-0.2, -0.15) is 0 Å². The predicted molar refractivity (Wildman–Crippen MR) is 87.3 cm³/mol. The van der Waals surface area contributed by atoms with Crippen LogP contribution in [0.3, 0.4) is 0 Å². The van der Waals surface area contributed by atoms with Crippen molar-refractivity contribution in [3.63, 3.8) is 0 Å². The zero-order chi connectivity index (χ0) is 14.8. The highest BCUT2D eigenvalue weighted by molar-refractivity contribution is 5.82. The number of fused-ring (bicyclic) bond motifs is 1.